The normalized spacial score (nSPS) is 19.4. The quantitative estimate of drug-likeness (QED) is 0.836. The predicted molar refractivity (Wildman–Crippen MR) is 72.5 cm³/mol. The summed E-state index contributed by atoms with van der Waals surface area (Å²) in [7, 11) is 0. The molecule has 2 rings (SSSR count). The van der Waals surface area contributed by atoms with Crippen molar-refractivity contribution < 1.29 is 13.6 Å². The van der Waals surface area contributed by atoms with Crippen LogP contribution in [-0.4, -0.2) is 24.8 Å². The molecule has 6 heteroatoms. The van der Waals surface area contributed by atoms with Crippen LogP contribution in [0.1, 0.15) is 12.8 Å². The van der Waals surface area contributed by atoms with Crippen molar-refractivity contribution in [2.45, 2.75) is 23.5 Å². The molecule has 1 amide bonds. The monoisotopic (exact) mass is 286 g/mol. The molecule has 3 nitrogen and oxygen atoms in total. The minimum Gasteiger partial charge on any atom is -0.325 e. The lowest BCUT2D eigenvalue weighted by molar-refractivity contribution is -0.120. The van der Waals surface area contributed by atoms with Crippen LogP contribution in [0.25, 0.3) is 0 Å². The molecular weight excluding hydrogens is 270 g/mol. The first-order valence-corrected chi connectivity index (χ1v) is 7.10. The maximum Gasteiger partial charge on any atom is 0.288 e. The van der Waals surface area contributed by atoms with Gasteiger partial charge in [-0.05, 0) is 31.5 Å². The number of thioether (sulfide) groups is 1. The second-order valence-electron chi connectivity index (χ2n) is 4.41. The summed E-state index contributed by atoms with van der Waals surface area (Å²) in [6, 6.07) is 6.65. The number of nitrogens with one attached hydrogen (secondary N) is 2. The first kappa shape index (κ1) is 14.3. The fourth-order valence-electron chi connectivity index (χ4n) is 2.08. The first-order chi connectivity index (χ1) is 9.16. The summed E-state index contributed by atoms with van der Waals surface area (Å²) in [4.78, 5) is 12.5. The van der Waals surface area contributed by atoms with Gasteiger partial charge in [-0.15, -0.1) is 0 Å². The topological polar surface area (TPSA) is 41.1 Å². The number of carbonyl (C=O) groups is 1. The zero-order chi connectivity index (χ0) is 13.7. The van der Waals surface area contributed by atoms with Crippen LogP contribution >= 0.6 is 11.8 Å². The fourth-order valence-corrected chi connectivity index (χ4v) is 2.67. The van der Waals surface area contributed by atoms with Crippen LogP contribution in [0.3, 0.4) is 0 Å². The molecule has 1 fully saturated rings. The maximum atomic E-state index is 12.4. The molecule has 0 bridgehead atoms. The van der Waals surface area contributed by atoms with Crippen molar-refractivity contribution in [3.05, 3.63) is 24.3 Å². The molecule has 1 aromatic rings. The molecule has 0 aliphatic carbocycles. The van der Waals surface area contributed by atoms with E-state index in [0.717, 1.165) is 19.4 Å². The summed E-state index contributed by atoms with van der Waals surface area (Å²) in [5.41, 5.74) is 0.461. The minimum atomic E-state index is -2.49. The van der Waals surface area contributed by atoms with Gasteiger partial charge in [0.25, 0.3) is 5.76 Å². The highest BCUT2D eigenvalue weighted by Crippen LogP contribution is 2.32. The molecule has 1 aliphatic rings. The van der Waals surface area contributed by atoms with Gasteiger partial charge in [0.05, 0.1) is 11.6 Å². The molecular formula is C13H16F2N2OS. The van der Waals surface area contributed by atoms with E-state index in [1.807, 2.05) is 0 Å². The second kappa shape index (κ2) is 6.86. The van der Waals surface area contributed by atoms with Gasteiger partial charge in [-0.1, -0.05) is 23.9 Å². The van der Waals surface area contributed by atoms with E-state index in [4.69, 9.17) is 0 Å². The number of carbonyl (C=O) groups excluding carboxylic acids is 1. The minimum absolute atomic E-state index is 0.0849. The predicted octanol–water partition coefficient (Wildman–Crippen LogP) is 2.94. The standard InChI is InChI=1S/C13H16F2N2OS/c14-13(15)19-11-6-2-1-5-10(11)17-12(18)9-4-3-7-16-8-9/h1-2,5-6,9,13,16H,3-4,7-8H2,(H,17,18)/t9-/m0/s1. The van der Waals surface area contributed by atoms with E-state index in [9.17, 15) is 13.6 Å². The fraction of sp³-hybridized carbons (Fsp3) is 0.462. The smallest absolute Gasteiger partial charge is 0.288 e. The van der Waals surface area contributed by atoms with Crippen LogP contribution in [0.4, 0.5) is 14.5 Å². The lowest BCUT2D eigenvalue weighted by atomic mass is 9.99. The van der Waals surface area contributed by atoms with Gasteiger partial charge in [0.2, 0.25) is 5.91 Å². The molecule has 0 radical (unpaired) electrons. The summed E-state index contributed by atoms with van der Waals surface area (Å²) >= 11 is 0.450. The van der Waals surface area contributed by atoms with Gasteiger partial charge in [-0.3, -0.25) is 4.79 Å². The van der Waals surface area contributed by atoms with Crippen LogP contribution < -0.4 is 10.6 Å². The average molecular weight is 286 g/mol. The molecule has 1 heterocycles. The van der Waals surface area contributed by atoms with Gasteiger partial charge in [0.15, 0.2) is 0 Å². The highest BCUT2D eigenvalue weighted by molar-refractivity contribution is 7.99. The maximum absolute atomic E-state index is 12.4. The van der Waals surface area contributed by atoms with Gasteiger partial charge >= 0.3 is 0 Å². The highest BCUT2D eigenvalue weighted by Gasteiger charge is 2.21. The molecule has 0 unspecified atom stereocenters. The third-order valence-electron chi connectivity index (χ3n) is 3.03. The van der Waals surface area contributed by atoms with Crippen LogP contribution in [0.15, 0.2) is 29.2 Å². The van der Waals surface area contributed by atoms with Gasteiger partial charge < -0.3 is 10.6 Å². The summed E-state index contributed by atoms with van der Waals surface area (Å²) in [6.07, 6.45) is 1.80. The van der Waals surface area contributed by atoms with Crippen LogP contribution in [0.2, 0.25) is 0 Å². The van der Waals surface area contributed by atoms with Crippen LogP contribution in [-0.2, 0) is 4.79 Å². The SMILES string of the molecule is O=C(Nc1ccccc1SC(F)F)[C@H]1CCCNC1. The number of amides is 1. The number of hydrogen-bond donors (Lipinski definition) is 2. The van der Waals surface area contributed by atoms with Crippen molar-refractivity contribution in [1.82, 2.24) is 5.32 Å². The number of halogens is 2. The molecule has 19 heavy (non-hydrogen) atoms. The molecule has 1 aliphatic heterocycles. The largest absolute Gasteiger partial charge is 0.325 e. The van der Waals surface area contributed by atoms with Gasteiger partial charge in [-0.25, -0.2) is 0 Å². The highest BCUT2D eigenvalue weighted by atomic mass is 32.2. The second-order valence-corrected chi connectivity index (χ2v) is 5.44. The van der Waals surface area contributed by atoms with Crippen molar-refractivity contribution >= 4 is 23.4 Å². The Hall–Kier alpha value is -1.14. The lowest BCUT2D eigenvalue weighted by Crippen LogP contribution is -2.37. The van der Waals surface area contributed by atoms with E-state index < -0.39 is 5.76 Å². The van der Waals surface area contributed by atoms with Crippen LogP contribution in [0, 0.1) is 5.92 Å². The Balaban J connectivity index is 2.03. The molecule has 0 aromatic heterocycles. The molecule has 1 aromatic carbocycles. The summed E-state index contributed by atoms with van der Waals surface area (Å²) < 4.78 is 24.9. The van der Waals surface area contributed by atoms with E-state index >= 15 is 0 Å². The number of benzene rings is 1. The van der Waals surface area contributed by atoms with Crippen molar-refractivity contribution in [2.24, 2.45) is 5.92 Å². The summed E-state index contributed by atoms with van der Waals surface area (Å²) in [5.74, 6) is -2.68. The Morgan fingerprint density at radius 1 is 1.42 bits per heavy atom. The van der Waals surface area contributed by atoms with E-state index in [1.54, 1.807) is 24.3 Å². The van der Waals surface area contributed by atoms with E-state index in [2.05, 4.69) is 10.6 Å². The molecule has 1 atom stereocenters. The lowest BCUT2D eigenvalue weighted by Gasteiger charge is -2.22. The number of hydrogen-bond acceptors (Lipinski definition) is 3. The van der Waals surface area contributed by atoms with Crippen molar-refractivity contribution in [1.29, 1.82) is 0 Å². The van der Waals surface area contributed by atoms with Crippen LogP contribution in [0.5, 0.6) is 0 Å². The number of piperidine rings is 1. The third kappa shape index (κ3) is 4.18. The van der Waals surface area contributed by atoms with Crippen molar-refractivity contribution in [3.8, 4) is 0 Å². The van der Waals surface area contributed by atoms with E-state index in [1.165, 1.54) is 0 Å². The zero-order valence-electron chi connectivity index (χ0n) is 10.4. The molecule has 1 saturated heterocycles. The molecule has 104 valence electrons. The number of alkyl halides is 2. The number of anilines is 1. The number of para-hydroxylation sites is 1. The van der Waals surface area contributed by atoms with Gasteiger partial charge in [0, 0.05) is 11.4 Å². The Morgan fingerprint density at radius 2 is 2.21 bits per heavy atom. The Morgan fingerprint density at radius 3 is 2.89 bits per heavy atom. The Labute approximate surface area is 115 Å². The van der Waals surface area contributed by atoms with Gasteiger partial charge in [-0.2, -0.15) is 8.78 Å². The van der Waals surface area contributed by atoms with E-state index in [0.29, 0.717) is 28.9 Å². The molecule has 0 spiro atoms. The van der Waals surface area contributed by atoms with Crippen molar-refractivity contribution in [2.75, 3.05) is 18.4 Å². The Kier molecular flexibility index (Phi) is 5.15. The first-order valence-electron chi connectivity index (χ1n) is 6.22. The van der Waals surface area contributed by atoms with E-state index in [-0.39, 0.29) is 11.8 Å². The third-order valence-corrected chi connectivity index (χ3v) is 3.82. The summed E-state index contributed by atoms with van der Waals surface area (Å²) in [6.45, 7) is 1.58. The molecule has 0 saturated carbocycles. The summed E-state index contributed by atoms with van der Waals surface area (Å²) in [5, 5.41) is 5.91. The van der Waals surface area contributed by atoms with Crippen molar-refractivity contribution in [3.63, 3.8) is 0 Å². The average Bonchev–Trinajstić information content (AvgIpc) is 2.41. The van der Waals surface area contributed by atoms with Gasteiger partial charge in [0.1, 0.15) is 0 Å². The zero-order valence-corrected chi connectivity index (χ0v) is 11.2. The number of rotatable bonds is 4. The Bertz CT molecular complexity index is 436. The molecule has 2 N–H and O–H groups in total.